The van der Waals surface area contributed by atoms with Crippen molar-refractivity contribution in [2.45, 2.75) is 32.7 Å². The molecular weight excluding hydrogens is 779 g/mol. The minimum atomic E-state index is 0. The van der Waals surface area contributed by atoms with Crippen molar-refractivity contribution in [3.63, 3.8) is 0 Å². The molecule has 4 nitrogen and oxygen atoms in total. The molecule has 0 saturated heterocycles. The molecular formula is C44H31IrN3O-2. The quantitative estimate of drug-likeness (QED) is 0.131. The summed E-state index contributed by atoms with van der Waals surface area (Å²) in [7, 11) is 0. The van der Waals surface area contributed by atoms with Crippen molar-refractivity contribution in [3.05, 3.63) is 139 Å². The van der Waals surface area contributed by atoms with E-state index in [-0.39, 0.29) is 26.1 Å². The molecule has 9 aromatic rings. The molecule has 0 spiro atoms. The summed E-state index contributed by atoms with van der Waals surface area (Å²) in [6.07, 6.45) is 5.48. The third-order valence-corrected chi connectivity index (χ3v) is 9.64. The molecule has 0 N–H and O–H groups in total. The van der Waals surface area contributed by atoms with Gasteiger partial charge >= 0.3 is 0 Å². The van der Waals surface area contributed by atoms with Gasteiger partial charge in [-0.05, 0) is 84.9 Å². The number of hydrogen-bond acceptors (Lipinski definition) is 4. The minimum absolute atomic E-state index is 0. The molecule has 7 aromatic carbocycles. The van der Waals surface area contributed by atoms with E-state index in [1.807, 2.05) is 18.3 Å². The zero-order valence-corrected chi connectivity index (χ0v) is 29.5. The number of rotatable bonds is 4. The third-order valence-electron chi connectivity index (χ3n) is 9.64. The van der Waals surface area contributed by atoms with E-state index in [1.165, 1.54) is 48.7 Å². The predicted molar refractivity (Wildman–Crippen MR) is 201 cm³/mol. The van der Waals surface area contributed by atoms with Gasteiger partial charge in [-0.2, -0.15) is 0 Å². The summed E-state index contributed by atoms with van der Waals surface area (Å²) in [6.45, 7) is 4.29. The average molecular weight is 810 g/mol. The fourth-order valence-corrected chi connectivity index (χ4v) is 7.24. The Hall–Kier alpha value is -5.22. The summed E-state index contributed by atoms with van der Waals surface area (Å²) in [5.74, 6) is 0. The van der Waals surface area contributed by atoms with E-state index < -0.39 is 0 Å². The van der Waals surface area contributed by atoms with Crippen LogP contribution in [0.1, 0.15) is 31.4 Å². The molecule has 1 aliphatic rings. The van der Waals surface area contributed by atoms with Crippen LogP contribution in [0.2, 0.25) is 0 Å². The standard InChI is InChI=1S/C27H17N2O.C17H14N.Ir/c1-2-21-27(29-14-28-21)18-9-10-19-22(13-18)30-23-12-17-7-6-15-4-3-5-16-8-11-20(26(19)23)25(17)24(15)16;1-2-13-6-5-8-15(12-13)17-16-9-4-3-7-14(16)10-11-18-17;/h3-8,10-14,21H,2H2,1H3;3-7,9-12H,2H2,1H3;/q2*-1;. The molecule has 0 amide bonds. The number of benzene rings is 7. The van der Waals surface area contributed by atoms with Crippen molar-refractivity contribution in [1.29, 1.82) is 0 Å². The van der Waals surface area contributed by atoms with Crippen LogP contribution in [0.3, 0.4) is 0 Å². The maximum atomic E-state index is 6.36. The van der Waals surface area contributed by atoms with Gasteiger partial charge in [-0.25, -0.2) is 0 Å². The van der Waals surface area contributed by atoms with E-state index in [9.17, 15) is 0 Å². The van der Waals surface area contributed by atoms with Crippen LogP contribution in [-0.4, -0.2) is 23.1 Å². The minimum Gasteiger partial charge on any atom is -0.476 e. The SMILES string of the molecule is CCC1N=CN=C1c1[c-]cc2c(c1)oc1cc3ccc4cccc5ccc(c12)c3c45.CCc1cc[c-]c(-c2nccc3ccccc23)c1.[Ir]. The second kappa shape index (κ2) is 12.7. The van der Waals surface area contributed by atoms with Crippen molar-refractivity contribution in [1.82, 2.24) is 4.98 Å². The molecule has 0 aliphatic carbocycles. The van der Waals surface area contributed by atoms with Crippen molar-refractivity contribution < 1.29 is 24.5 Å². The summed E-state index contributed by atoms with van der Waals surface area (Å²) in [4.78, 5) is 13.4. The molecule has 3 heterocycles. The van der Waals surface area contributed by atoms with E-state index in [0.29, 0.717) is 0 Å². The van der Waals surface area contributed by atoms with Gasteiger partial charge in [-0.1, -0.05) is 92.0 Å². The van der Waals surface area contributed by atoms with Crippen LogP contribution in [0.25, 0.3) is 76.3 Å². The van der Waals surface area contributed by atoms with Crippen LogP contribution in [0, 0.1) is 12.1 Å². The first-order valence-electron chi connectivity index (χ1n) is 16.6. The largest absolute Gasteiger partial charge is 0.476 e. The van der Waals surface area contributed by atoms with Crippen molar-refractivity contribution in [2.75, 3.05) is 0 Å². The van der Waals surface area contributed by atoms with E-state index in [4.69, 9.17) is 4.42 Å². The topological polar surface area (TPSA) is 50.8 Å². The number of aromatic nitrogens is 1. The fraction of sp³-hybridized carbons (Fsp3) is 0.114. The number of pyridine rings is 1. The maximum absolute atomic E-state index is 6.36. The van der Waals surface area contributed by atoms with Gasteiger partial charge in [0.25, 0.3) is 0 Å². The molecule has 10 rings (SSSR count). The maximum Gasteiger partial charge on any atom is 0.124 e. The van der Waals surface area contributed by atoms with Gasteiger partial charge < -0.3 is 9.40 Å². The van der Waals surface area contributed by atoms with Gasteiger partial charge in [0.05, 0.1) is 18.0 Å². The van der Waals surface area contributed by atoms with E-state index in [0.717, 1.165) is 57.3 Å². The van der Waals surface area contributed by atoms with Crippen LogP contribution in [-0.2, 0) is 26.5 Å². The molecule has 239 valence electrons. The van der Waals surface area contributed by atoms with Crippen molar-refractivity contribution in [3.8, 4) is 11.3 Å². The molecule has 5 heteroatoms. The van der Waals surface area contributed by atoms with Crippen molar-refractivity contribution in [2.24, 2.45) is 9.98 Å². The zero-order valence-electron chi connectivity index (χ0n) is 27.1. The summed E-state index contributed by atoms with van der Waals surface area (Å²) < 4.78 is 6.36. The van der Waals surface area contributed by atoms with Gasteiger partial charge in [-0.15, -0.1) is 53.1 Å². The van der Waals surface area contributed by atoms with Crippen LogP contribution in [0.15, 0.2) is 130 Å². The first kappa shape index (κ1) is 31.1. The smallest absolute Gasteiger partial charge is 0.124 e. The van der Waals surface area contributed by atoms with Crippen molar-refractivity contribution >= 4 is 77.1 Å². The second-order valence-electron chi connectivity index (χ2n) is 12.4. The second-order valence-corrected chi connectivity index (χ2v) is 12.4. The molecule has 0 bridgehead atoms. The molecule has 1 radical (unpaired) electrons. The Kier molecular flexibility index (Phi) is 8.03. The Morgan fingerprint density at radius 1 is 0.673 bits per heavy atom. The number of furan rings is 1. The van der Waals surface area contributed by atoms with Crippen LogP contribution >= 0.6 is 0 Å². The summed E-state index contributed by atoms with van der Waals surface area (Å²) >= 11 is 0. The molecule has 1 aliphatic heterocycles. The van der Waals surface area contributed by atoms with Gasteiger partial charge in [0, 0.05) is 26.3 Å². The Labute approximate surface area is 297 Å². The fourth-order valence-electron chi connectivity index (χ4n) is 7.24. The number of nitrogens with zero attached hydrogens (tertiary/aromatic N) is 3. The normalized spacial score (nSPS) is 14.2. The monoisotopic (exact) mass is 810 g/mol. The number of aryl methyl sites for hydroxylation is 1. The molecule has 0 saturated carbocycles. The molecule has 1 atom stereocenters. The average Bonchev–Trinajstić information content (AvgIpc) is 3.78. The Balaban J connectivity index is 0.000000158. The van der Waals surface area contributed by atoms with Crippen LogP contribution in [0.5, 0.6) is 0 Å². The number of aliphatic imine (C=N–C) groups is 2. The van der Waals surface area contributed by atoms with Gasteiger partial charge in [0.2, 0.25) is 0 Å². The van der Waals surface area contributed by atoms with E-state index >= 15 is 0 Å². The number of fused-ring (bicyclic) bond motifs is 5. The van der Waals surface area contributed by atoms with Gasteiger partial charge in [-0.3, -0.25) is 9.98 Å². The van der Waals surface area contributed by atoms with Crippen LogP contribution in [0.4, 0.5) is 0 Å². The summed E-state index contributed by atoms with van der Waals surface area (Å²) in [6, 6.07) is 45.2. The Morgan fingerprint density at radius 3 is 2.35 bits per heavy atom. The molecule has 1 unspecified atom stereocenters. The third kappa shape index (κ3) is 5.22. The first-order valence-corrected chi connectivity index (χ1v) is 16.6. The number of hydrogen-bond donors (Lipinski definition) is 0. The van der Waals surface area contributed by atoms with Gasteiger partial charge in [0.1, 0.15) is 5.58 Å². The Bertz CT molecular complexity index is 2700. The first-order chi connectivity index (χ1) is 23.7. The van der Waals surface area contributed by atoms with E-state index in [2.05, 4.69) is 138 Å². The molecule has 2 aromatic heterocycles. The Morgan fingerprint density at radius 2 is 1.49 bits per heavy atom. The predicted octanol–water partition coefficient (Wildman–Crippen LogP) is 11.2. The zero-order chi connectivity index (χ0) is 32.2. The summed E-state index contributed by atoms with van der Waals surface area (Å²) in [5.41, 5.74) is 7.14. The molecule has 0 fully saturated rings. The molecule has 49 heavy (non-hydrogen) atoms. The van der Waals surface area contributed by atoms with Crippen LogP contribution < -0.4 is 0 Å². The van der Waals surface area contributed by atoms with E-state index in [1.54, 1.807) is 6.34 Å². The summed E-state index contributed by atoms with van der Waals surface area (Å²) in [5, 5.41) is 12.3. The van der Waals surface area contributed by atoms with Gasteiger partial charge in [0.15, 0.2) is 0 Å².